The first-order valence-electron chi connectivity index (χ1n) is 9.37. The fraction of sp³-hybridized carbons (Fsp3) is 0.318. The zero-order valence-electron chi connectivity index (χ0n) is 15.1. The number of para-hydroxylation sites is 1. The second kappa shape index (κ2) is 7.94. The topological polar surface area (TPSA) is 62.9 Å². The molecule has 5 heteroatoms. The van der Waals surface area contributed by atoms with Gasteiger partial charge in [0.2, 0.25) is 0 Å². The molecule has 2 aromatic carbocycles. The van der Waals surface area contributed by atoms with Crippen LogP contribution < -0.4 is 10.4 Å². The summed E-state index contributed by atoms with van der Waals surface area (Å²) in [7, 11) is 0. The average Bonchev–Trinajstić information content (AvgIpc) is 3.19. The number of nitrogens with zero attached hydrogens (tertiary/aromatic N) is 1. The third kappa shape index (κ3) is 3.89. The largest absolute Gasteiger partial charge is 0.489 e. The van der Waals surface area contributed by atoms with Gasteiger partial charge in [0.25, 0.3) is 0 Å². The zero-order chi connectivity index (χ0) is 18.6. The Bertz CT molecular complexity index is 961. The quantitative estimate of drug-likeness (QED) is 0.679. The van der Waals surface area contributed by atoms with Crippen LogP contribution in [0.4, 0.5) is 0 Å². The summed E-state index contributed by atoms with van der Waals surface area (Å²) < 4.78 is 11.5. The molecule has 0 bridgehead atoms. The molecule has 1 saturated heterocycles. The van der Waals surface area contributed by atoms with Gasteiger partial charge in [0.05, 0.1) is 5.39 Å². The van der Waals surface area contributed by atoms with Crippen LogP contribution in [0.3, 0.4) is 0 Å². The average molecular weight is 365 g/mol. The minimum atomic E-state index is -0.613. The van der Waals surface area contributed by atoms with Crippen molar-refractivity contribution in [3.63, 3.8) is 0 Å². The predicted octanol–water partition coefficient (Wildman–Crippen LogP) is 3.30. The number of hydrogen-bond donors (Lipinski definition) is 1. The summed E-state index contributed by atoms with van der Waals surface area (Å²) in [6, 6.07) is 16.7. The molecule has 27 heavy (non-hydrogen) atoms. The van der Waals surface area contributed by atoms with E-state index in [4.69, 9.17) is 9.15 Å². The summed E-state index contributed by atoms with van der Waals surface area (Å²) in [6.45, 7) is 2.75. The Morgan fingerprint density at radius 1 is 1.04 bits per heavy atom. The Balaban J connectivity index is 1.67. The van der Waals surface area contributed by atoms with Crippen LogP contribution in [-0.2, 0) is 0 Å². The monoisotopic (exact) mass is 365 g/mol. The van der Waals surface area contributed by atoms with Crippen molar-refractivity contribution in [1.29, 1.82) is 0 Å². The first-order valence-corrected chi connectivity index (χ1v) is 9.37. The lowest BCUT2D eigenvalue weighted by Gasteiger charge is -2.20. The maximum atomic E-state index is 12.7. The van der Waals surface area contributed by atoms with Gasteiger partial charge in [-0.25, -0.2) is 4.79 Å². The standard InChI is InChI=1S/C22H23NO4/c24-17(14-23-12-6-7-13-23)15-26-21-18-10-4-5-11-19(18)27-22(25)20(21)16-8-2-1-3-9-16/h1-5,8-11,17,24H,6-7,12-15H2. The SMILES string of the molecule is O=c1oc2ccccc2c(OCC(O)CN2CCCC2)c1-c1ccccc1. The van der Waals surface area contributed by atoms with E-state index in [0.29, 0.717) is 23.4 Å². The summed E-state index contributed by atoms with van der Waals surface area (Å²) in [4.78, 5) is 14.9. The number of aliphatic hydroxyl groups excluding tert-OH is 1. The van der Waals surface area contributed by atoms with Crippen LogP contribution in [0.5, 0.6) is 5.75 Å². The predicted molar refractivity (Wildman–Crippen MR) is 105 cm³/mol. The number of β-amino-alcohol motifs (C(OH)–C–C–N with tert-alkyl or cyclic N) is 1. The first-order chi connectivity index (χ1) is 13.2. The first kappa shape index (κ1) is 17.8. The number of hydrogen-bond acceptors (Lipinski definition) is 5. The zero-order valence-corrected chi connectivity index (χ0v) is 15.1. The lowest BCUT2D eigenvalue weighted by Crippen LogP contribution is -2.33. The van der Waals surface area contributed by atoms with Gasteiger partial charge in [0, 0.05) is 6.54 Å². The maximum absolute atomic E-state index is 12.7. The van der Waals surface area contributed by atoms with Crippen molar-refractivity contribution in [2.75, 3.05) is 26.2 Å². The lowest BCUT2D eigenvalue weighted by atomic mass is 10.0. The Hall–Kier alpha value is -2.63. The summed E-state index contributed by atoms with van der Waals surface area (Å²) in [5, 5.41) is 11.1. The van der Waals surface area contributed by atoms with Gasteiger partial charge in [-0.05, 0) is 43.6 Å². The smallest absolute Gasteiger partial charge is 0.347 e. The van der Waals surface area contributed by atoms with Gasteiger partial charge >= 0.3 is 5.63 Å². The van der Waals surface area contributed by atoms with E-state index >= 15 is 0 Å². The van der Waals surface area contributed by atoms with Gasteiger partial charge in [-0.2, -0.15) is 0 Å². The molecular weight excluding hydrogens is 342 g/mol. The Morgan fingerprint density at radius 2 is 1.74 bits per heavy atom. The van der Waals surface area contributed by atoms with E-state index in [-0.39, 0.29) is 6.61 Å². The molecule has 4 rings (SSSR count). The van der Waals surface area contributed by atoms with Gasteiger partial charge < -0.3 is 19.2 Å². The second-order valence-electron chi connectivity index (χ2n) is 6.93. The summed E-state index contributed by atoms with van der Waals surface area (Å²) >= 11 is 0. The van der Waals surface area contributed by atoms with E-state index in [2.05, 4.69) is 4.90 Å². The minimum absolute atomic E-state index is 0.129. The summed E-state index contributed by atoms with van der Waals surface area (Å²) in [5.41, 5.74) is 1.17. The lowest BCUT2D eigenvalue weighted by molar-refractivity contribution is 0.0765. The third-order valence-corrected chi connectivity index (χ3v) is 4.92. The fourth-order valence-electron chi connectivity index (χ4n) is 3.62. The van der Waals surface area contributed by atoms with Crippen molar-refractivity contribution in [3.05, 3.63) is 65.0 Å². The molecule has 0 aliphatic carbocycles. The summed E-state index contributed by atoms with van der Waals surface area (Å²) in [5.74, 6) is 0.466. The molecule has 1 unspecified atom stereocenters. The van der Waals surface area contributed by atoms with Gasteiger partial charge in [0.1, 0.15) is 29.6 Å². The molecule has 1 aliphatic rings. The second-order valence-corrected chi connectivity index (χ2v) is 6.93. The van der Waals surface area contributed by atoms with Crippen molar-refractivity contribution < 1.29 is 14.3 Å². The third-order valence-electron chi connectivity index (χ3n) is 4.92. The molecule has 0 amide bonds. The molecule has 0 saturated carbocycles. The van der Waals surface area contributed by atoms with Crippen LogP contribution in [0.1, 0.15) is 12.8 Å². The highest BCUT2D eigenvalue weighted by Crippen LogP contribution is 2.34. The fourth-order valence-corrected chi connectivity index (χ4v) is 3.62. The van der Waals surface area contributed by atoms with Crippen LogP contribution in [-0.4, -0.2) is 42.4 Å². The van der Waals surface area contributed by atoms with E-state index < -0.39 is 11.7 Å². The van der Waals surface area contributed by atoms with E-state index in [1.165, 1.54) is 12.8 Å². The molecule has 140 valence electrons. The van der Waals surface area contributed by atoms with Crippen LogP contribution in [0.15, 0.2) is 63.8 Å². The Kier molecular flexibility index (Phi) is 5.23. The molecule has 0 radical (unpaired) electrons. The van der Waals surface area contributed by atoms with Crippen LogP contribution in [0.25, 0.3) is 22.1 Å². The minimum Gasteiger partial charge on any atom is -0.489 e. The molecule has 1 atom stereocenters. The normalized spacial score (nSPS) is 15.9. The van der Waals surface area contributed by atoms with E-state index in [9.17, 15) is 9.90 Å². The van der Waals surface area contributed by atoms with Crippen molar-refractivity contribution in [3.8, 4) is 16.9 Å². The van der Waals surface area contributed by atoms with E-state index in [1.54, 1.807) is 6.07 Å². The Labute approximate surface area is 157 Å². The van der Waals surface area contributed by atoms with Gasteiger partial charge in [-0.3, -0.25) is 0 Å². The number of benzene rings is 2. The number of aliphatic hydroxyl groups is 1. The van der Waals surface area contributed by atoms with E-state index in [1.807, 2.05) is 48.5 Å². The van der Waals surface area contributed by atoms with Crippen LogP contribution in [0, 0.1) is 0 Å². The molecule has 1 fully saturated rings. The van der Waals surface area contributed by atoms with E-state index in [0.717, 1.165) is 24.0 Å². The van der Waals surface area contributed by atoms with Gasteiger partial charge in [-0.1, -0.05) is 42.5 Å². The van der Waals surface area contributed by atoms with Crippen molar-refractivity contribution >= 4 is 11.0 Å². The number of rotatable bonds is 6. The van der Waals surface area contributed by atoms with Crippen LogP contribution in [0.2, 0.25) is 0 Å². The van der Waals surface area contributed by atoms with Crippen molar-refractivity contribution in [2.24, 2.45) is 0 Å². The highest BCUT2D eigenvalue weighted by atomic mass is 16.5. The number of likely N-dealkylation sites (tertiary alicyclic amines) is 1. The number of ether oxygens (including phenoxy) is 1. The molecule has 5 nitrogen and oxygen atoms in total. The van der Waals surface area contributed by atoms with Gasteiger partial charge in [0.15, 0.2) is 0 Å². The summed E-state index contributed by atoms with van der Waals surface area (Å²) in [6.07, 6.45) is 1.74. The molecule has 2 heterocycles. The van der Waals surface area contributed by atoms with Crippen LogP contribution >= 0.6 is 0 Å². The molecule has 1 aliphatic heterocycles. The van der Waals surface area contributed by atoms with Gasteiger partial charge in [-0.15, -0.1) is 0 Å². The van der Waals surface area contributed by atoms with Crippen molar-refractivity contribution in [2.45, 2.75) is 18.9 Å². The molecule has 1 aromatic heterocycles. The highest BCUT2D eigenvalue weighted by molar-refractivity contribution is 5.90. The van der Waals surface area contributed by atoms with Crippen molar-refractivity contribution in [1.82, 2.24) is 4.90 Å². The molecule has 1 N–H and O–H groups in total. The Morgan fingerprint density at radius 3 is 2.52 bits per heavy atom. The molecule has 0 spiro atoms. The number of fused-ring (bicyclic) bond motifs is 1. The molecular formula is C22H23NO4. The molecule has 3 aromatic rings. The maximum Gasteiger partial charge on any atom is 0.347 e. The highest BCUT2D eigenvalue weighted by Gasteiger charge is 2.20.